The van der Waals surface area contributed by atoms with Crippen LogP contribution in [-0.4, -0.2) is 10.1 Å². The summed E-state index contributed by atoms with van der Waals surface area (Å²) in [7, 11) is 0. The number of hydrogen-bond donors (Lipinski definition) is 1. The highest BCUT2D eigenvalue weighted by Crippen LogP contribution is 2.30. The lowest BCUT2D eigenvalue weighted by Gasteiger charge is -2.07. The molecule has 2 heterocycles. The highest BCUT2D eigenvalue weighted by atomic mass is 35.5. The average Bonchev–Trinajstić information content (AvgIpc) is 2.91. The fourth-order valence-corrected chi connectivity index (χ4v) is 2.42. The van der Waals surface area contributed by atoms with Crippen molar-refractivity contribution in [3.05, 3.63) is 65.1 Å². The molecule has 0 radical (unpaired) electrons. The molecule has 1 aromatic carbocycles. The Balaban J connectivity index is 1.75. The first-order chi connectivity index (χ1) is 9.74. The first-order valence-corrected chi connectivity index (χ1v) is 6.87. The number of benzene rings is 1. The van der Waals surface area contributed by atoms with Crippen molar-refractivity contribution in [3.8, 4) is 0 Å². The van der Waals surface area contributed by atoms with Gasteiger partial charge in [0.1, 0.15) is 11.9 Å². The number of hydrogen-bond acceptors (Lipinski definition) is 3. The number of rotatable bonds is 4. The first-order valence-electron chi connectivity index (χ1n) is 6.49. The van der Waals surface area contributed by atoms with Crippen LogP contribution in [0.4, 0.5) is 0 Å². The number of aliphatic hydroxyl groups is 1. The van der Waals surface area contributed by atoms with Crippen LogP contribution >= 0.6 is 11.6 Å². The van der Waals surface area contributed by atoms with Crippen LogP contribution in [0.5, 0.6) is 0 Å². The van der Waals surface area contributed by atoms with Gasteiger partial charge in [-0.05, 0) is 36.6 Å². The molecule has 0 spiro atoms. The minimum Gasteiger partial charge on any atom is -0.457 e. The Morgan fingerprint density at radius 3 is 2.90 bits per heavy atom. The molecule has 0 saturated carbocycles. The van der Waals surface area contributed by atoms with Gasteiger partial charge in [0.25, 0.3) is 0 Å². The number of furan rings is 1. The molecular formula is C16H14ClNO2. The third-order valence-corrected chi connectivity index (χ3v) is 3.57. The molecule has 1 atom stereocenters. The molecule has 3 rings (SSSR count). The Morgan fingerprint density at radius 2 is 2.15 bits per heavy atom. The monoisotopic (exact) mass is 287 g/mol. The van der Waals surface area contributed by atoms with Crippen LogP contribution in [0, 0.1) is 0 Å². The molecule has 1 unspecified atom stereocenters. The predicted molar refractivity (Wildman–Crippen MR) is 78.7 cm³/mol. The first kappa shape index (κ1) is 13.2. The number of aromatic nitrogens is 1. The van der Waals surface area contributed by atoms with Crippen LogP contribution in [0.2, 0.25) is 5.02 Å². The van der Waals surface area contributed by atoms with E-state index in [1.54, 1.807) is 12.3 Å². The summed E-state index contributed by atoms with van der Waals surface area (Å²) in [5.74, 6) is 0.553. The minimum atomic E-state index is -0.640. The lowest BCUT2D eigenvalue weighted by Crippen LogP contribution is -1.98. The molecule has 0 bridgehead atoms. The maximum atomic E-state index is 10.2. The molecule has 4 heteroatoms. The van der Waals surface area contributed by atoms with Crippen LogP contribution < -0.4 is 0 Å². The molecule has 3 nitrogen and oxygen atoms in total. The van der Waals surface area contributed by atoms with E-state index in [-0.39, 0.29) is 0 Å². The van der Waals surface area contributed by atoms with Gasteiger partial charge in [0.2, 0.25) is 0 Å². The van der Waals surface area contributed by atoms with E-state index >= 15 is 0 Å². The smallest absolute Gasteiger partial charge is 0.152 e. The van der Waals surface area contributed by atoms with Gasteiger partial charge in [0.15, 0.2) is 5.58 Å². The van der Waals surface area contributed by atoms with Gasteiger partial charge in [-0.15, -0.1) is 0 Å². The van der Waals surface area contributed by atoms with E-state index in [0.717, 1.165) is 17.4 Å². The normalized spacial score (nSPS) is 12.7. The second-order valence-electron chi connectivity index (χ2n) is 4.72. The van der Waals surface area contributed by atoms with E-state index in [9.17, 15) is 5.11 Å². The third-order valence-electron chi connectivity index (χ3n) is 3.27. The minimum absolute atomic E-state index is 0.553. The van der Waals surface area contributed by atoms with Crippen molar-refractivity contribution in [2.45, 2.75) is 18.9 Å². The number of nitrogens with zero attached hydrogens (tertiary/aromatic N) is 1. The van der Waals surface area contributed by atoms with Gasteiger partial charge >= 0.3 is 0 Å². The van der Waals surface area contributed by atoms with Crippen LogP contribution in [0.15, 0.2) is 53.2 Å². The summed E-state index contributed by atoms with van der Waals surface area (Å²) >= 11 is 6.06. The van der Waals surface area contributed by atoms with E-state index < -0.39 is 6.10 Å². The van der Waals surface area contributed by atoms with Crippen molar-refractivity contribution in [1.29, 1.82) is 0 Å². The standard InChI is InChI=1S/C16H14ClNO2/c17-13-5-1-4-12-9-15(20-16(12)13)14(19)7-6-11-3-2-8-18-10-11/h1-5,8-10,14,19H,6-7H2. The highest BCUT2D eigenvalue weighted by molar-refractivity contribution is 6.34. The summed E-state index contributed by atoms with van der Waals surface area (Å²) in [6, 6.07) is 11.3. The van der Waals surface area contributed by atoms with Crippen molar-refractivity contribution in [1.82, 2.24) is 4.98 Å². The van der Waals surface area contributed by atoms with Crippen LogP contribution in [-0.2, 0) is 6.42 Å². The van der Waals surface area contributed by atoms with Gasteiger partial charge in [-0.25, -0.2) is 0 Å². The maximum absolute atomic E-state index is 10.2. The number of para-hydroxylation sites is 1. The molecule has 20 heavy (non-hydrogen) atoms. The number of halogens is 1. The molecule has 0 aliphatic carbocycles. The number of aliphatic hydroxyl groups excluding tert-OH is 1. The molecule has 0 amide bonds. The fourth-order valence-electron chi connectivity index (χ4n) is 2.20. The quantitative estimate of drug-likeness (QED) is 0.784. The fraction of sp³-hybridized carbons (Fsp3) is 0.188. The Bertz CT molecular complexity index is 709. The molecule has 0 fully saturated rings. The molecule has 3 aromatic rings. The lowest BCUT2D eigenvalue weighted by atomic mass is 10.1. The van der Waals surface area contributed by atoms with Crippen molar-refractivity contribution < 1.29 is 9.52 Å². The van der Waals surface area contributed by atoms with E-state index in [0.29, 0.717) is 22.8 Å². The summed E-state index contributed by atoms with van der Waals surface area (Å²) in [5.41, 5.74) is 1.73. The zero-order valence-electron chi connectivity index (χ0n) is 10.8. The van der Waals surface area contributed by atoms with Gasteiger partial charge in [0.05, 0.1) is 5.02 Å². The van der Waals surface area contributed by atoms with Crippen molar-refractivity contribution in [2.75, 3.05) is 0 Å². The third kappa shape index (κ3) is 2.69. The molecule has 0 saturated heterocycles. The molecule has 0 aliphatic heterocycles. The molecule has 102 valence electrons. The number of aryl methyl sites for hydroxylation is 1. The van der Waals surface area contributed by atoms with Gasteiger partial charge in [0, 0.05) is 17.8 Å². The van der Waals surface area contributed by atoms with Crippen LogP contribution in [0.3, 0.4) is 0 Å². The topological polar surface area (TPSA) is 46.3 Å². The average molecular weight is 288 g/mol. The molecular weight excluding hydrogens is 274 g/mol. The Kier molecular flexibility index (Phi) is 3.72. The summed E-state index contributed by atoms with van der Waals surface area (Å²) in [6.07, 6.45) is 4.24. The van der Waals surface area contributed by atoms with Crippen LogP contribution in [0.1, 0.15) is 23.8 Å². The summed E-state index contributed by atoms with van der Waals surface area (Å²) in [6.45, 7) is 0. The molecule has 0 aliphatic rings. The van der Waals surface area contributed by atoms with Gasteiger partial charge in [-0.1, -0.05) is 29.8 Å². The predicted octanol–water partition coefficient (Wildman–Crippen LogP) is 4.15. The zero-order chi connectivity index (χ0) is 13.9. The molecule has 2 aromatic heterocycles. The lowest BCUT2D eigenvalue weighted by molar-refractivity contribution is 0.143. The summed E-state index contributed by atoms with van der Waals surface area (Å²) in [5, 5.41) is 11.7. The second-order valence-corrected chi connectivity index (χ2v) is 5.13. The van der Waals surface area contributed by atoms with Crippen LogP contribution in [0.25, 0.3) is 11.0 Å². The van der Waals surface area contributed by atoms with Gasteiger partial charge in [-0.3, -0.25) is 4.98 Å². The highest BCUT2D eigenvalue weighted by Gasteiger charge is 2.14. The largest absolute Gasteiger partial charge is 0.457 e. The maximum Gasteiger partial charge on any atom is 0.152 e. The van der Waals surface area contributed by atoms with E-state index in [1.807, 2.05) is 36.5 Å². The second kappa shape index (κ2) is 5.65. The SMILES string of the molecule is OC(CCc1cccnc1)c1cc2cccc(Cl)c2o1. The number of fused-ring (bicyclic) bond motifs is 1. The Hall–Kier alpha value is -1.84. The van der Waals surface area contributed by atoms with Crippen molar-refractivity contribution >= 4 is 22.6 Å². The Labute approximate surface area is 121 Å². The zero-order valence-corrected chi connectivity index (χ0v) is 11.5. The Morgan fingerprint density at radius 1 is 1.25 bits per heavy atom. The summed E-state index contributed by atoms with van der Waals surface area (Å²) in [4.78, 5) is 4.06. The van der Waals surface area contributed by atoms with Gasteiger partial charge in [-0.2, -0.15) is 0 Å². The number of pyridine rings is 1. The van der Waals surface area contributed by atoms with E-state index in [2.05, 4.69) is 4.98 Å². The molecule has 1 N–H and O–H groups in total. The van der Waals surface area contributed by atoms with Gasteiger partial charge < -0.3 is 9.52 Å². The summed E-state index contributed by atoms with van der Waals surface area (Å²) < 4.78 is 5.65. The van der Waals surface area contributed by atoms with Crippen molar-refractivity contribution in [2.24, 2.45) is 0 Å². The van der Waals surface area contributed by atoms with E-state index in [4.69, 9.17) is 16.0 Å². The van der Waals surface area contributed by atoms with E-state index in [1.165, 1.54) is 0 Å². The van der Waals surface area contributed by atoms with Crippen molar-refractivity contribution in [3.63, 3.8) is 0 Å².